The first-order valence-corrected chi connectivity index (χ1v) is 7.54. The van der Waals surface area contributed by atoms with Gasteiger partial charge in [-0.05, 0) is 40.5 Å². The number of nitrogens with zero attached hydrogens (tertiary/aromatic N) is 2. The van der Waals surface area contributed by atoms with E-state index in [1.807, 2.05) is 0 Å². The van der Waals surface area contributed by atoms with Gasteiger partial charge in [0.2, 0.25) is 0 Å². The molecule has 0 saturated carbocycles. The lowest BCUT2D eigenvalue weighted by Crippen LogP contribution is -2.13. The lowest BCUT2D eigenvalue weighted by atomic mass is 10.2. The van der Waals surface area contributed by atoms with E-state index in [4.69, 9.17) is 0 Å². The Hall–Kier alpha value is -1.41. The molecular formula is C11H11BrFN3O2S. The van der Waals surface area contributed by atoms with Crippen molar-refractivity contribution in [2.75, 3.05) is 4.72 Å². The third-order valence-electron chi connectivity index (χ3n) is 2.50. The van der Waals surface area contributed by atoms with Gasteiger partial charge in [0.15, 0.2) is 0 Å². The highest BCUT2D eigenvalue weighted by Crippen LogP contribution is 2.26. The van der Waals surface area contributed by atoms with E-state index < -0.39 is 15.8 Å². The molecule has 0 amide bonds. The molecule has 0 aliphatic carbocycles. The van der Waals surface area contributed by atoms with E-state index in [0.29, 0.717) is 11.3 Å². The first-order valence-electron chi connectivity index (χ1n) is 5.27. The highest BCUT2D eigenvalue weighted by Gasteiger charge is 2.18. The molecule has 0 atom stereocenters. The molecule has 1 heterocycles. The van der Waals surface area contributed by atoms with Crippen molar-refractivity contribution in [3.05, 3.63) is 40.4 Å². The van der Waals surface area contributed by atoms with Gasteiger partial charge < -0.3 is 0 Å². The Morgan fingerprint density at radius 3 is 2.68 bits per heavy atom. The number of rotatable bonds is 3. The molecule has 0 spiro atoms. The van der Waals surface area contributed by atoms with E-state index in [2.05, 4.69) is 25.8 Å². The molecular weight excluding hydrogens is 337 g/mol. The molecule has 1 N–H and O–H groups in total. The number of halogens is 2. The van der Waals surface area contributed by atoms with Crippen molar-refractivity contribution in [1.29, 1.82) is 0 Å². The largest absolute Gasteiger partial charge is 0.279 e. The summed E-state index contributed by atoms with van der Waals surface area (Å²) in [4.78, 5) is 0.0508. The van der Waals surface area contributed by atoms with Crippen molar-refractivity contribution in [1.82, 2.24) is 9.78 Å². The third-order valence-corrected chi connectivity index (χ3v) is 4.43. The van der Waals surface area contributed by atoms with Gasteiger partial charge in [0.25, 0.3) is 10.0 Å². The predicted molar refractivity (Wildman–Crippen MR) is 72.9 cm³/mol. The second-order valence-corrected chi connectivity index (χ2v) is 6.57. The van der Waals surface area contributed by atoms with Crippen LogP contribution in [-0.2, 0) is 17.1 Å². The van der Waals surface area contributed by atoms with E-state index in [1.54, 1.807) is 14.0 Å². The lowest BCUT2D eigenvalue weighted by molar-refractivity contribution is 0.600. The van der Waals surface area contributed by atoms with Crippen LogP contribution in [0.1, 0.15) is 5.56 Å². The Kier molecular flexibility index (Phi) is 3.64. The van der Waals surface area contributed by atoms with E-state index in [0.717, 1.165) is 0 Å². The maximum absolute atomic E-state index is 13.3. The smallest absolute Gasteiger partial charge is 0.265 e. The van der Waals surface area contributed by atoms with Crippen LogP contribution in [0.5, 0.6) is 0 Å². The van der Waals surface area contributed by atoms with Crippen LogP contribution in [0.2, 0.25) is 0 Å². The SMILES string of the molecule is Cc1cc(F)c(Br)cc1NS(=O)(=O)c1cnn(C)c1. The number of sulfonamides is 1. The van der Waals surface area contributed by atoms with Gasteiger partial charge in [0.05, 0.1) is 16.4 Å². The fraction of sp³-hybridized carbons (Fsp3) is 0.182. The highest BCUT2D eigenvalue weighted by atomic mass is 79.9. The van der Waals surface area contributed by atoms with Crippen molar-refractivity contribution in [3.8, 4) is 0 Å². The second kappa shape index (κ2) is 4.93. The zero-order chi connectivity index (χ0) is 14.2. The van der Waals surface area contributed by atoms with Gasteiger partial charge >= 0.3 is 0 Å². The van der Waals surface area contributed by atoms with E-state index in [-0.39, 0.29) is 9.37 Å². The fourth-order valence-corrected chi connectivity index (χ4v) is 2.95. The topological polar surface area (TPSA) is 64.0 Å². The molecule has 0 saturated heterocycles. The molecule has 0 fully saturated rings. The van der Waals surface area contributed by atoms with E-state index in [9.17, 15) is 12.8 Å². The van der Waals surface area contributed by atoms with Crippen LogP contribution < -0.4 is 4.72 Å². The molecule has 1 aromatic heterocycles. The Labute approximate surface area is 118 Å². The van der Waals surface area contributed by atoms with Crippen LogP contribution in [0.15, 0.2) is 33.9 Å². The monoisotopic (exact) mass is 347 g/mol. The zero-order valence-electron chi connectivity index (χ0n) is 10.2. The average Bonchev–Trinajstić information content (AvgIpc) is 2.73. The molecule has 0 aliphatic heterocycles. The minimum absolute atomic E-state index is 0.0508. The summed E-state index contributed by atoms with van der Waals surface area (Å²) in [7, 11) is -2.10. The van der Waals surface area contributed by atoms with Gasteiger partial charge in [-0.15, -0.1) is 0 Å². The molecule has 0 radical (unpaired) electrons. The zero-order valence-corrected chi connectivity index (χ0v) is 12.6. The number of benzene rings is 1. The molecule has 19 heavy (non-hydrogen) atoms. The molecule has 0 unspecified atom stereocenters. The van der Waals surface area contributed by atoms with Crippen LogP contribution in [0.4, 0.5) is 10.1 Å². The summed E-state index contributed by atoms with van der Waals surface area (Å²) >= 11 is 3.02. The van der Waals surface area contributed by atoms with E-state index >= 15 is 0 Å². The lowest BCUT2D eigenvalue weighted by Gasteiger charge is -2.10. The molecule has 0 bridgehead atoms. The number of anilines is 1. The second-order valence-electron chi connectivity index (χ2n) is 4.04. The number of aromatic nitrogens is 2. The summed E-state index contributed by atoms with van der Waals surface area (Å²) in [5.74, 6) is -0.443. The van der Waals surface area contributed by atoms with Gasteiger partial charge in [-0.2, -0.15) is 5.10 Å². The Morgan fingerprint density at radius 2 is 2.11 bits per heavy atom. The minimum atomic E-state index is -3.72. The fourth-order valence-electron chi connectivity index (χ4n) is 1.50. The van der Waals surface area contributed by atoms with Crippen molar-refractivity contribution in [3.63, 3.8) is 0 Å². The maximum Gasteiger partial charge on any atom is 0.265 e. The minimum Gasteiger partial charge on any atom is -0.279 e. The summed E-state index contributed by atoms with van der Waals surface area (Å²) in [6.07, 6.45) is 2.63. The van der Waals surface area contributed by atoms with Crippen molar-refractivity contribution in [2.45, 2.75) is 11.8 Å². The quantitative estimate of drug-likeness (QED) is 0.927. The molecule has 1 aromatic carbocycles. The molecule has 102 valence electrons. The summed E-state index contributed by atoms with van der Waals surface area (Å²) in [5, 5.41) is 3.81. The summed E-state index contributed by atoms with van der Waals surface area (Å²) < 4.78 is 41.5. The molecule has 2 aromatic rings. The van der Waals surface area contributed by atoms with Crippen molar-refractivity contribution in [2.24, 2.45) is 7.05 Å². The molecule has 5 nitrogen and oxygen atoms in total. The predicted octanol–water partition coefficient (Wildman–Crippen LogP) is 2.43. The van der Waals surface area contributed by atoms with Gasteiger partial charge in [-0.3, -0.25) is 9.40 Å². The van der Waals surface area contributed by atoms with Crippen molar-refractivity contribution >= 4 is 31.6 Å². The maximum atomic E-state index is 13.3. The highest BCUT2D eigenvalue weighted by molar-refractivity contribution is 9.10. The number of hydrogen-bond acceptors (Lipinski definition) is 3. The van der Waals surface area contributed by atoms with E-state index in [1.165, 1.54) is 29.2 Å². The van der Waals surface area contributed by atoms with Crippen LogP contribution in [-0.4, -0.2) is 18.2 Å². The van der Waals surface area contributed by atoms with Gasteiger partial charge in [-0.1, -0.05) is 0 Å². The Morgan fingerprint density at radius 1 is 1.42 bits per heavy atom. The van der Waals surface area contributed by atoms with Gasteiger partial charge in [0, 0.05) is 13.2 Å². The van der Waals surface area contributed by atoms with Gasteiger partial charge in [0.1, 0.15) is 10.7 Å². The number of nitrogens with one attached hydrogen (secondary N) is 1. The third kappa shape index (κ3) is 2.95. The number of hydrogen-bond donors (Lipinski definition) is 1. The summed E-state index contributed by atoms with van der Waals surface area (Å²) in [5.41, 5.74) is 0.810. The van der Waals surface area contributed by atoms with Crippen LogP contribution in [0, 0.1) is 12.7 Å². The first kappa shape index (κ1) is 14.0. The molecule has 8 heteroatoms. The Bertz CT molecular complexity index is 728. The normalized spacial score (nSPS) is 11.6. The van der Waals surface area contributed by atoms with Crippen LogP contribution in [0.25, 0.3) is 0 Å². The first-order chi connectivity index (χ1) is 8.79. The number of aryl methyl sites for hydroxylation is 2. The summed E-state index contributed by atoms with van der Waals surface area (Å²) in [6.45, 7) is 1.62. The molecule has 0 aliphatic rings. The van der Waals surface area contributed by atoms with Gasteiger partial charge in [-0.25, -0.2) is 12.8 Å². The molecule has 2 rings (SSSR count). The Balaban J connectivity index is 2.38. The summed E-state index contributed by atoms with van der Waals surface area (Å²) in [6, 6.07) is 2.64. The van der Waals surface area contributed by atoms with Crippen molar-refractivity contribution < 1.29 is 12.8 Å². The average molecular weight is 348 g/mol. The standard InChI is InChI=1S/C11H11BrFN3O2S/c1-7-3-10(13)9(12)4-11(7)15-19(17,18)8-5-14-16(2)6-8/h3-6,15H,1-2H3. The van der Waals surface area contributed by atoms with Crippen LogP contribution in [0.3, 0.4) is 0 Å². The van der Waals surface area contributed by atoms with Crippen LogP contribution >= 0.6 is 15.9 Å².